The fourth-order valence-electron chi connectivity index (χ4n) is 4.02. The van der Waals surface area contributed by atoms with Crippen molar-refractivity contribution in [3.63, 3.8) is 0 Å². The lowest BCUT2D eigenvalue weighted by atomic mass is 9.74. The van der Waals surface area contributed by atoms with Crippen molar-refractivity contribution in [3.8, 4) is 6.07 Å². The van der Waals surface area contributed by atoms with Crippen molar-refractivity contribution in [1.82, 2.24) is 19.9 Å². The first-order valence-electron chi connectivity index (χ1n) is 7.86. The molecule has 2 aromatic heterocycles. The van der Waals surface area contributed by atoms with Gasteiger partial charge in [-0.25, -0.2) is 9.97 Å². The number of nitriles is 1. The summed E-state index contributed by atoms with van der Waals surface area (Å²) < 4.78 is 0. The highest BCUT2D eigenvalue weighted by Gasteiger charge is 2.56. The average Bonchev–Trinajstić information content (AvgIpc) is 3.20. The number of aromatic nitrogens is 3. The van der Waals surface area contributed by atoms with E-state index in [1.165, 1.54) is 0 Å². The lowest BCUT2D eigenvalue weighted by molar-refractivity contribution is -0.152. The molecule has 2 aromatic rings. The second kappa shape index (κ2) is 4.95. The smallest absolute Gasteiger partial charge is 0.237 e. The van der Waals surface area contributed by atoms with E-state index in [0.29, 0.717) is 5.92 Å². The summed E-state index contributed by atoms with van der Waals surface area (Å²) in [7, 11) is 0. The van der Waals surface area contributed by atoms with E-state index in [1.807, 2.05) is 23.2 Å². The second-order valence-corrected chi connectivity index (χ2v) is 6.45. The maximum atomic E-state index is 12.2. The number of amides is 1. The van der Waals surface area contributed by atoms with Crippen LogP contribution in [0, 0.1) is 17.2 Å². The van der Waals surface area contributed by atoms with Crippen LogP contribution in [-0.2, 0) is 4.79 Å². The van der Waals surface area contributed by atoms with Gasteiger partial charge in [0.1, 0.15) is 24.2 Å². The number of nitrogens with zero attached hydrogens (tertiary/aromatic N) is 5. The molecule has 4 rings (SSSR count). The molecule has 1 spiro atoms. The molecule has 1 N–H and O–H groups in total. The van der Waals surface area contributed by atoms with Crippen LogP contribution < -0.4 is 4.90 Å². The Balaban J connectivity index is 1.62. The molecule has 23 heavy (non-hydrogen) atoms. The Morgan fingerprint density at radius 3 is 3.22 bits per heavy atom. The highest BCUT2D eigenvalue weighted by Crippen LogP contribution is 2.45. The number of likely N-dealkylation sites (tertiary alicyclic amines) is 1. The summed E-state index contributed by atoms with van der Waals surface area (Å²) in [6.45, 7) is 4.56. The maximum absolute atomic E-state index is 12.2. The maximum Gasteiger partial charge on any atom is 0.237 e. The summed E-state index contributed by atoms with van der Waals surface area (Å²) in [6, 6.07) is 3.96. The number of H-pyrrole nitrogens is 1. The van der Waals surface area contributed by atoms with Crippen molar-refractivity contribution in [2.45, 2.75) is 25.3 Å². The Morgan fingerprint density at radius 1 is 1.57 bits per heavy atom. The number of aromatic amines is 1. The summed E-state index contributed by atoms with van der Waals surface area (Å²) in [6.07, 6.45) is 4.32. The van der Waals surface area contributed by atoms with Gasteiger partial charge in [0.15, 0.2) is 0 Å². The van der Waals surface area contributed by atoms with Crippen molar-refractivity contribution in [3.05, 3.63) is 18.6 Å². The third kappa shape index (κ3) is 1.91. The van der Waals surface area contributed by atoms with Gasteiger partial charge in [-0.15, -0.1) is 0 Å². The molecule has 2 saturated heterocycles. The first kappa shape index (κ1) is 14.0. The largest absolute Gasteiger partial charge is 0.353 e. The lowest BCUT2D eigenvalue weighted by Gasteiger charge is -2.55. The van der Waals surface area contributed by atoms with Gasteiger partial charge in [0.25, 0.3) is 0 Å². The first-order valence-corrected chi connectivity index (χ1v) is 7.86. The van der Waals surface area contributed by atoms with Gasteiger partial charge in [0.05, 0.1) is 17.0 Å². The molecule has 1 amide bonds. The summed E-state index contributed by atoms with van der Waals surface area (Å²) in [5, 5.41) is 9.80. The molecule has 7 nitrogen and oxygen atoms in total. The number of anilines is 1. The van der Waals surface area contributed by atoms with Gasteiger partial charge in [-0.3, -0.25) is 4.79 Å². The second-order valence-electron chi connectivity index (χ2n) is 6.45. The number of rotatable bonds is 2. The van der Waals surface area contributed by atoms with Crippen LogP contribution in [0.1, 0.15) is 19.8 Å². The predicted molar refractivity (Wildman–Crippen MR) is 84.6 cm³/mol. The van der Waals surface area contributed by atoms with E-state index in [2.05, 4.69) is 26.8 Å². The van der Waals surface area contributed by atoms with Crippen LogP contribution in [0.5, 0.6) is 0 Å². The van der Waals surface area contributed by atoms with Gasteiger partial charge in [-0.1, -0.05) is 6.92 Å². The Morgan fingerprint density at radius 2 is 2.43 bits per heavy atom. The van der Waals surface area contributed by atoms with E-state index in [0.717, 1.165) is 42.9 Å². The van der Waals surface area contributed by atoms with Crippen molar-refractivity contribution in [2.24, 2.45) is 5.92 Å². The molecule has 0 saturated carbocycles. The number of carbonyl (C=O) groups excluding carboxylic acids is 1. The molecule has 0 aliphatic carbocycles. The molecule has 2 fully saturated rings. The lowest BCUT2D eigenvalue weighted by Crippen LogP contribution is -2.69. The number of hydrogen-bond acceptors (Lipinski definition) is 5. The van der Waals surface area contributed by atoms with Crippen molar-refractivity contribution < 1.29 is 4.79 Å². The molecule has 7 heteroatoms. The quantitative estimate of drug-likeness (QED) is 0.903. The zero-order valence-corrected chi connectivity index (χ0v) is 13.0. The van der Waals surface area contributed by atoms with Crippen LogP contribution >= 0.6 is 0 Å². The van der Waals surface area contributed by atoms with Gasteiger partial charge in [0, 0.05) is 25.8 Å². The van der Waals surface area contributed by atoms with Crippen molar-refractivity contribution >= 4 is 22.8 Å². The fraction of sp³-hybridized carbons (Fsp3) is 0.500. The number of hydrogen-bond donors (Lipinski definition) is 1. The number of fused-ring (bicyclic) bond motifs is 1. The third-order valence-corrected chi connectivity index (χ3v) is 5.35. The Hall–Kier alpha value is -2.62. The van der Waals surface area contributed by atoms with Crippen molar-refractivity contribution in [2.75, 3.05) is 24.5 Å². The summed E-state index contributed by atoms with van der Waals surface area (Å²) in [5.41, 5.74) is 0.677. The van der Waals surface area contributed by atoms with Crippen LogP contribution in [0.15, 0.2) is 18.6 Å². The summed E-state index contributed by atoms with van der Waals surface area (Å²) in [5.74, 6) is 1.31. The first-order chi connectivity index (χ1) is 11.2. The monoisotopic (exact) mass is 310 g/mol. The van der Waals surface area contributed by atoms with E-state index in [4.69, 9.17) is 5.26 Å². The SMILES string of the molecule is C[C@@H]1CN(C(=O)CC#N)[C@]12CCN(c1ncnc3[nH]ccc13)C2. The minimum Gasteiger partial charge on any atom is -0.353 e. The Kier molecular flexibility index (Phi) is 3.01. The van der Waals surface area contributed by atoms with Gasteiger partial charge in [0.2, 0.25) is 5.91 Å². The number of carbonyl (C=O) groups is 1. The van der Waals surface area contributed by atoms with Crippen LogP contribution in [-0.4, -0.2) is 50.9 Å². The minimum absolute atomic E-state index is 0.0377. The highest BCUT2D eigenvalue weighted by molar-refractivity contribution is 5.87. The molecule has 0 aromatic carbocycles. The molecule has 2 aliphatic rings. The van der Waals surface area contributed by atoms with E-state index in [1.54, 1.807) is 6.33 Å². The van der Waals surface area contributed by atoms with Crippen molar-refractivity contribution in [1.29, 1.82) is 5.26 Å². The van der Waals surface area contributed by atoms with E-state index < -0.39 is 0 Å². The van der Waals surface area contributed by atoms with Crippen LogP contribution in [0.2, 0.25) is 0 Å². The predicted octanol–water partition coefficient (Wildman–Crippen LogP) is 1.30. The molecule has 0 bridgehead atoms. The molecular formula is C16H18N6O. The van der Waals surface area contributed by atoms with Gasteiger partial charge < -0.3 is 14.8 Å². The topological polar surface area (TPSA) is 88.9 Å². The van der Waals surface area contributed by atoms with E-state index in [-0.39, 0.29) is 17.9 Å². The molecule has 2 aliphatic heterocycles. The van der Waals surface area contributed by atoms with Gasteiger partial charge >= 0.3 is 0 Å². The van der Waals surface area contributed by atoms with Crippen LogP contribution in [0.4, 0.5) is 5.82 Å². The Labute approximate surface area is 133 Å². The molecule has 2 atom stereocenters. The van der Waals surface area contributed by atoms with Gasteiger partial charge in [-0.05, 0) is 18.4 Å². The number of nitrogens with one attached hydrogen (secondary N) is 1. The van der Waals surface area contributed by atoms with Gasteiger partial charge in [-0.2, -0.15) is 5.26 Å². The normalized spacial score (nSPS) is 26.5. The molecular weight excluding hydrogens is 292 g/mol. The van der Waals surface area contributed by atoms with Crippen LogP contribution in [0.25, 0.3) is 11.0 Å². The molecule has 0 unspecified atom stereocenters. The minimum atomic E-state index is -0.151. The Bertz CT molecular complexity index is 808. The fourth-order valence-corrected chi connectivity index (χ4v) is 4.02. The summed E-state index contributed by atoms with van der Waals surface area (Å²) >= 11 is 0. The zero-order valence-electron chi connectivity index (χ0n) is 13.0. The van der Waals surface area contributed by atoms with Crippen LogP contribution in [0.3, 0.4) is 0 Å². The average molecular weight is 310 g/mol. The molecule has 118 valence electrons. The van der Waals surface area contributed by atoms with E-state index >= 15 is 0 Å². The highest BCUT2D eigenvalue weighted by atomic mass is 16.2. The third-order valence-electron chi connectivity index (χ3n) is 5.35. The standard InChI is InChI=1S/C16H18N6O/c1-11-8-22(13(23)2-5-17)16(11)4-7-21(9-16)15-12-3-6-18-14(12)19-10-20-15/h3,6,10-11H,2,4,7-9H2,1H3,(H,18,19,20)/t11-,16+/m1/s1. The molecule has 0 radical (unpaired) electrons. The van der Waals surface area contributed by atoms with E-state index in [9.17, 15) is 4.79 Å². The zero-order chi connectivity index (χ0) is 16.0. The molecule has 4 heterocycles. The summed E-state index contributed by atoms with van der Waals surface area (Å²) in [4.78, 5) is 28.1.